The second kappa shape index (κ2) is 5.01. The summed E-state index contributed by atoms with van der Waals surface area (Å²) in [5, 5.41) is 9.14. The molecule has 92 valence electrons. The average Bonchev–Trinajstić information content (AvgIpc) is 3.12. The number of hydrogen-bond acceptors (Lipinski definition) is 3. The Morgan fingerprint density at radius 3 is 2.88 bits per heavy atom. The van der Waals surface area contributed by atoms with E-state index in [4.69, 9.17) is 5.11 Å². The first-order valence-corrected chi connectivity index (χ1v) is 7.43. The van der Waals surface area contributed by atoms with E-state index < -0.39 is 0 Å². The van der Waals surface area contributed by atoms with Gasteiger partial charge in [0.05, 0.1) is 6.61 Å². The third-order valence-electron chi connectivity index (χ3n) is 3.70. The van der Waals surface area contributed by atoms with Gasteiger partial charge in [-0.1, -0.05) is 18.2 Å². The molecule has 1 heterocycles. The van der Waals surface area contributed by atoms with E-state index in [1.54, 1.807) is 0 Å². The predicted octanol–water partition coefficient (Wildman–Crippen LogP) is 2.33. The summed E-state index contributed by atoms with van der Waals surface area (Å²) in [5.74, 6) is 1.86. The summed E-state index contributed by atoms with van der Waals surface area (Å²) < 4.78 is 0. The van der Waals surface area contributed by atoms with Gasteiger partial charge in [0, 0.05) is 35.7 Å². The van der Waals surface area contributed by atoms with Crippen molar-refractivity contribution in [1.29, 1.82) is 0 Å². The maximum absolute atomic E-state index is 9.14. The molecule has 1 fully saturated rings. The summed E-state index contributed by atoms with van der Waals surface area (Å²) in [6.07, 6.45) is 2.64. The van der Waals surface area contributed by atoms with Crippen LogP contribution in [0, 0.1) is 0 Å². The number of fused-ring (bicyclic) bond motifs is 1. The van der Waals surface area contributed by atoms with Gasteiger partial charge in [0.1, 0.15) is 0 Å². The Bertz CT molecular complexity index is 392. The van der Waals surface area contributed by atoms with Crippen LogP contribution < -0.4 is 0 Å². The minimum atomic E-state index is 0.290. The van der Waals surface area contributed by atoms with E-state index in [9.17, 15) is 0 Å². The van der Waals surface area contributed by atoms with Crippen molar-refractivity contribution in [1.82, 2.24) is 4.90 Å². The quantitative estimate of drug-likeness (QED) is 0.866. The lowest BCUT2D eigenvalue weighted by Crippen LogP contribution is -2.33. The fourth-order valence-corrected chi connectivity index (χ4v) is 3.90. The van der Waals surface area contributed by atoms with E-state index >= 15 is 0 Å². The van der Waals surface area contributed by atoms with Crippen LogP contribution in [0.5, 0.6) is 0 Å². The van der Waals surface area contributed by atoms with Crippen molar-refractivity contribution < 1.29 is 5.11 Å². The summed E-state index contributed by atoms with van der Waals surface area (Å²) in [4.78, 5) is 3.94. The molecule has 0 saturated heterocycles. The lowest BCUT2D eigenvalue weighted by atomic mass is 10.0. The number of benzene rings is 1. The van der Waals surface area contributed by atoms with Crippen LogP contribution >= 0.6 is 11.8 Å². The lowest BCUT2D eigenvalue weighted by Gasteiger charge is -2.24. The van der Waals surface area contributed by atoms with Gasteiger partial charge in [-0.2, -0.15) is 0 Å². The summed E-state index contributed by atoms with van der Waals surface area (Å²) >= 11 is 1.98. The molecule has 0 amide bonds. The highest BCUT2D eigenvalue weighted by atomic mass is 32.2. The molecule has 1 atom stereocenters. The van der Waals surface area contributed by atoms with Gasteiger partial charge >= 0.3 is 0 Å². The van der Waals surface area contributed by atoms with Crippen LogP contribution in [0.1, 0.15) is 24.3 Å². The molecule has 1 aromatic carbocycles. The monoisotopic (exact) mass is 249 g/mol. The zero-order chi connectivity index (χ0) is 11.7. The molecule has 0 aromatic heterocycles. The highest BCUT2D eigenvalue weighted by Gasteiger charge is 2.32. The Hall–Kier alpha value is -0.510. The topological polar surface area (TPSA) is 23.5 Å². The van der Waals surface area contributed by atoms with Crippen LogP contribution in [0.15, 0.2) is 29.2 Å². The third kappa shape index (κ3) is 2.51. The van der Waals surface area contributed by atoms with Gasteiger partial charge in [0.25, 0.3) is 0 Å². The first-order valence-electron chi connectivity index (χ1n) is 6.45. The Kier molecular flexibility index (Phi) is 3.41. The van der Waals surface area contributed by atoms with Gasteiger partial charge in [0.15, 0.2) is 0 Å². The molecule has 0 bridgehead atoms. The van der Waals surface area contributed by atoms with Crippen LogP contribution in [0.4, 0.5) is 0 Å². The van der Waals surface area contributed by atoms with Crippen molar-refractivity contribution in [2.24, 2.45) is 0 Å². The van der Waals surface area contributed by atoms with Crippen LogP contribution in [-0.2, 0) is 0 Å². The number of aliphatic hydroxyl groups is 1. The molecular formula is C14H19NOS. The molecule has 3 heteroatoms. The maximum Gasteiger partial charge on any atom is 0.0558 e. The van der Waals surface area contributed by atoms with Gasteiger partial charge in [-0.05, 0) is 24.5 Å². The van der Waals surface area contributed by atoms with Crippen LogP contribution in [0.25, 0.3) is 0 Å². The van der Waals surface area contributed by atoms with Gasteiger partial charge in [-0.15, -0.1) is 11.8 Å². The molecule has 1 aliphatic carbocycles. The first-order chi connectivity index (χ1) is 8.38. The second-order valence-electron chi connectivity index (χ2n) is 5.00. The highest BCUT2D eigenvalue weighted by Crippen LogP contribution is 2.40. The summed E-state index contributed by atoms with van der Waals surface area (Å²) in [7, 11) is 0. The number of aliphatic hydroxyl groups excluding tert-OH is 1. The van der Waals surface area contributed by atoms with Crippen molar-refractivity contribution in [2.45, 2.75) is 29.7 Å². The number of hydrogen-bond donors (Lipinski definition) is 1. The van der Waals surface area contributed by atoms with Crippen molar-refractivity contribution >= 4 is 11.8 Å². The Balaban J connectivity index is 1.69. The molecule has 2 nitrogen and oxygen atoms in total. The Morgan fingerprint density at radius 1 is 1.29 bits per heavy atom. The normalized spacial score (nSPS) is 23.1. The fraction of sp³-hybridized carbons (Fsp3) is 0.571. The summed E-state index contributed by atoms with van der Waals surface area (Å²) in [5.41, 5.74) is 1.51. The van der Waals surface area contributed by atoms with E-state index in [1.807, 2.05) is 11.8 Å². The molecule has 1 unspecified atom stereocenters. The molecular weight excluding hydrogens is 230 g/mol. The Morgan fingerprint density at radius 2 is 2.12 bits per heavy atom. The molecule has 1 aromatic rings. The van der Waals surface area contributed by atoms with E-state index in [0.29, 0.717) is 5.92 Å². The van der Waals surface area contributed by atoms with Crippen LogP contribution in [0.3, 0.4) is 0 Å². The molecule has 1 aliphatic heterocycles. The minimum absolute atomic E-state index is 0.290. The van der Waals surface area contributed by atoms with Crippen LogP contribution in [-0.4, -0.2) is 41.5 Å². The largest absolute Gasteiger partial charge is 0.395 e. The third-order valence-corrected chi connectivity index (χ3v) is 4.96. The number of nitrogens with zero attached hydrogens (tertiary/aromatic N) is 1. The molecule has 3 rings (SSSR count). The van der Waals surface area contributed by atoms with E-state index in [2.05, 4.69) is 29.2 Å². The molecule has 0 spiro atoms. The van der Waals surface area contributed by atoms with Crippen molar-refractivity contribution in [3.8, 4) is 0 Å². The smallest absolute Gasteiger partial charge is 0.0558 e. The lowest BCUT2D eigenvalue weighted by molar-refractivity contribution is 0.184. The van der Waals surface area contributed by atoms with Crippen molar-refractivity contribution in [3.63, 3.8) is 0 Å². The number of thioether (sulfide) groups is 1. The maximum atomic E-state index is 9.14. The van der Waals surface area contributed by atoms with E-state index in [0.717, 1.165) is 19.1 Å². The molecule has 17 heavy (non-hydrogen) atoms. The predicted molar refractivity (Wildman–Crippen MR) is 71.6 cm³/mol. The number of rotatable bonds is 5. The first kappa shape index (κ1) is 11.6. The van der Waals surface area contributed by atoms with Crippen molar-refractivity contribution in [3.05, 3.63) is 29.8 Å². The van der Waals surface area contributed by atoms with Gasteiger partial charge < -0.3 is 5.11 Å². The molecule has 1 saturated carbocycles. The fourth-order valence-electron chi connectivity index (χ4n) is 2.65. The standard InChI is InChI=1S/C14H19NOS/c16-8-7-15(12-5-6-12)9-11-10-17-14-4-2-1-3-13(11)14/h1-4,11-12,16H,5-10H2. The average molecular weight is 249 g/mol. The van der Waals surface area contributed by atoms with Gasteiger partial charge in [0.2, 0.25) is 0 Å². The summed E-state index contributed by atoms with van der Waals surface area (Å²) in [6, 6.07) is 9.52. The second-order valence-corrected chi connectivity index (χ2v) is 6.06. The van der Waals surface area contributed by atoms with Crippen LogP contribution in [0.2, 0.25) is 0 Å². The zero-order valence-electron chi connectivity index (χ0n) is 10.0. The Labute approximate surface area is 107 Å². The minimum Gasteiger partial charge on any atom is -0.395 e. The van der Waals surface area contributed by atoms with E-state index in [1.165, 1.54) is 29.1 Å². The van der Waals surface area contributed by atoms with Crippen molar-refractivity contribution in [2.75, 3.05) is 25.4 Å². The van der Waals surface area contributed by atoms with Gasteiger partial charge in [-0.25, -0.2) is 0 Å². The van der Waals surface area contributed by atoms with Gasteiger partial charge in [-0.3, -0.25) is 4.90 Å². The summed E-state index contributed by atoms with van der Waals surface area (Å²) in [6.45, 7) is 2.25. The molecule has 2 aliphatic rings. The zero-order valence-corrected chi connectivity index (χ0v) is 10.8. The highest BCUT2D eigenvalue weighted by molar-refractivity contribution is 7.99. The van der Waals surface area contributed by atoms with E-state index in [-0.39, 0.29) is 6.61 Å². The SMILES string of the molecule is OCCN(CC1CSc2ccccc21)C1CC1. The molecule has 0 radical (unpaired) electrons. The molecule has 1 N–H and O–H groups in total.